The third kappa shape index (κ3) is 1.75. The number of benzene rings is 2. The molecule has 0 saturated heterocycles. The van der Waals surface area contributed by atoms with Gasteiger partial charge in [0.15, 0.2) is 5.82 Å². The number of aromatic nitrogens is 2. The number of aliphatic hydroxyl groups is 1. The first-order valence-corrected chi connectivity index (χ1v) is 5.79. The second-order valence-electron chi connectivity index (χ2n) is 4.05. The van der Waals surface area contributed by atoms with Crippen LogP contribution in [-0.4, -0.2) is 15.1 Å². The molecule has 88 valence electrons. The van der Waals surface area contributed by atoms with Gasteiger partial charge in [0.25, 0.3) is 0 Å². The van der Waals surface area contributed by atoms with Gasteiger partial charge in [0.05, 0.1) is 6.61 Å². The summed E-state index contributed by atoms with van der Waals surface area (Å²) < 4.78 is 0. The number of fused-ring (bicyclic) bond motifs is 1. The Balaban J connectivity index is 2.32. The fraction of sp³-hybridized carbons (Fsp3) is 0.0667. The van der Waals surface area contributed by atoms with Gasteiger partial charge in [-0.15, -0.1) is 0 Å². The van der Waals surface area contributed by atoms with Gasteiger partial charge in [0.2, 0.25) is 0 Å². The van der Waals surface area contributed by atoms with E-state index in [1.807, 2.05) is 36.4 Å². The SMILES string of the molecule is OCc1cccc2c(-c3ncccn3)cccc12. The van der Waals surface area contributed by atoms with Gasteiger partial charge >= 0.3 is 0 Å². The molecular formula is C15H12N2O. The van der Waals surface area contributed by atoms with Crippen molar-refractivity contribution in [2.75, 3.05) is 0 Å². The maximum Gasteiger partial charge on any atom is 0.159 e. The average Bonchev–Trinajstić information content (AvgIpc) is 2.47. The van der Waals surface area contributed by atoms with Crippen molar-refractivity contribution < 1.29 is 5.11 Å². The molecule has 3 nitrogen and oxygen atoms in total. The van der Waals surface area contributed by atoms with Crippen molar-refractivity contribution in [1.82, 2.24) is 9.97 Å². The topological polar surface area (TPSA) is 46.0 Å². The molecule has 0 aliphatic rings. The maximum absolute atomic E-state index is 9.37. The molecule has 0 bridgehead atoms. The summed E-state index contributed by atoms with van der Waals surface area (Å²) in [5.41, 5.74) is 1.91. The summed E-state index contributed by atoms with van der Waals surface area (Å²) >= 11 is 0. The molecule has 0 saturated carbocycles. The molecule has 0 fully saturated rings. The van der Waals surface area contributed by atoms with Gasteiger partial charge in [0, 0.05) is 18.0 Å². The highest BCUT2D eigenvalue weighted by molar-refractivity contribution is 5.96. The van der Waals surface area contributed by atoms with E-state index in [1.165, 1.54) is 0 Å². The van der Waals surface area contributed by atoms with Crippen LogP contribution in [0, 0.1) is 0 Å². The number of hydrogen-bond acceptors (Lipinski definition) is 3. The third-order valence-electron chi connectivity index (χ3n) is 2.99. The summed E-state index contributed by atoms with van der Waals surface area (Å²) in [5, 5.41) is 11.5. The van der Waals surface area contributed by atoms with Crippen LogP contribution < -0.4 is 0 Å². The van der Waals surface area contributed by atoms with Crippen LogP contribution in [0.1, 0.15) is 5.56 Å². The molecule has 3 aromatic rings. The Kier molecular flexibility index (Phi) is 2.74. The van der Waals surface area contributed by atoms with Crippen molar-refractivity contribution in [3.8, 4) is 11.4 Å². The Morgan fingerprint density at radius 3 is 2.33 bits per heavy atom. The van der Waals surface area contributed by atoms with Gasteiger partial charge in [-0.1, -0.05) is 36.4 Å². The first-order chi connectivity index (χ1) is 8.90. The minimum absolute atomic E-state index is 0.0381. The lowest BCUT2D eigenvalue weighted by Crippen LogP contribution is -1.91. The molecule has 1 aromatic heterocycles. The van der Waals surface area contributed by atoms with Crippen LogP contribution in [0.3, 0.4) is 0 Å². The number of aliphatic hydroxyl groups excluding tert-OH is 1. The van der Waals surface area contributed by atoms with Crippen molar-refractivity contribution in [1.29, 1.82) is 0 Å². The largest absolute Gasteiger partial charge is 0.392 e. The van der Waals surface area contributed by atoms with Crippen LogP contribution in [0.25, 0.3) is 22.2 Å². The van der Waals surface area contributed by atoms with Gasteiger partial charge in [0.1, 0.15) is 0 Å². The monoisotopic (exact) mass is 236 g/mol. The summed E-state index contributed by atoms with van der Waals surface area (Å²) in [5.74, 6) is 0.707. The standard InChI is InChI=1S/C15H12N2O/c18-10-11-4-1-6-13-12(11)5-2-7-14(13)15-16-8-3-9-17-15/h1-9,18H,10H2. The smallest absolute Gasteiger partial charge is 0.159 e. The maximum atomic E-state index is 9.37. The minimum atomic E-state index is 0.0381. The van der Waals surface area contributed by atoms with Gasteiger partial charge in [-0.2, -0.15) is 0 Å². The van der Waals surface area contributed by atoms with E-state index in [4.69, 9.17) is 0 Å². The van der Waals surface area contributed by atoms with Crippen LogP contribution in [0.4, 0.5) is 0 Å². The molecule has 0 aliphatic carbocycles. The Labute approximate surface area is 105 Å². The van der Waals surface area contributed by atoms with E-state index >= 15 is 0 Å². The summed E-state index contributed by atoms with van der Waals surface area (Å²) in [7, 11) is 0. The van der Waals surface area contributed by atoms with Gasteiger partial charge in [-0.05, 0) is 22.4 Å². The van der Waals surface area contributed by atoms with E-state index in [0.29, 0.717) is 5.82 Å². The van der Waals surface area contributed by atoms with E-state index in [2.05, 4.69) is 9.97 Å². The summed E-state index contributed by atoms with van der Waals surface area (Å²) in [6.45, 7) is 0.0381. The molecule has 18 heavy (non-hydrogen) atoms. The lowest BCUT2D eigenvalue weighted by Gasteiger charge is -2.08. The molecule has 3 rings (SSSR count). The lowest BCUT2D eigenvalue weighted by molar-refractivity contribution is 0.283. The average molecular weight is 236 g/mol. The predicted octanol–water partition coefficient (Wildman–Crippen LogP) is 2.79. The van der Waals surface area contributed by atoms with E-state index in [9.17, 15) is 5.11 Å². The second kappa shape index (κ2) is 4.55. The highest BCUT2D eigenvalue weighted by Gasteiger charge is 2.07. The van der Waals surface area contributed by atoms with Crippen molar-refractivity contribution in [2.45, 2.75) is 6.61 Å². The van der Waals surface area contributed by atoms with Crippen LogP contribution in [0.15, 0.2) is 54.9 Å². The highest BCUT2D eigenvalue weighted by atomic mass is 16.3. The van der Waals surface area contributed by atoms with Crippen LogP contribution >= 0.6 is 0 Å². The van der Waals surface area contributed by atoms with Gasteiger partial charge in [-0.3, -0.25) is 0 Å². The number of hydrogen-bond donors (Lipinski definition) is 1. The Hall–Kier alpha value is -2.26. The van der Waals surface area contributed by atoms with Crippen molar-refractivity contribution >= 4 is 10.8 Å². The Morgan fingerprint density at radius 2 is 1.56 bits per heavy atom. The molecule has 0 spiro atoms. The van der Waals surface area contributed by atoms with E-state index in [0.717, 1.165) is 21.9 Å². The lowest BCUT2D eigenvalue weighted by atomic mass is 10.00. The zero-order valence-corrected chi connectivity index (χ0v) is 9.74. The molecule has 0 unspecified atom stereocenters. The summed E-state index contributed by atoms with van der Waals surface area (Å²) in [4.78, 5) is 8.56. The number of nitrogens with zero attached hydrogens (tertiary/aromatic N) is 2. The Bertz CT molecular complexity index is 680. The summed E-state index contributed by atoms with van der Waals surface area (Å²) in [6, 6.07) is 13.7. The molecule has 3 heteroatoms. The van der Waals surface area contributed by atoms with E-state index < -0.39 is 0 Å². The predicted molar refractivity (Wildman–Crippen MR) is 70.9 cm³/mol. The molecule has 0 atom stereocenters. The van der Waals surface area contributed by atoms with Crippen molar-refractivity contribution in [3.63, 3.8) is 0 Å². The molecule has 0 aliphatic heterocycles. The van der Waals surface area contributed by atoms with Crippen LogP contribution in [0.5, 0.6) is 0 Å². The molecule has 1 heterocycles. The minimum Gasteiger partial charge on any atom is -0.392 e. The molecule has 2 aromatic carbocycles. The zero-order chi connectivity index (χ0) is 12.4. The first kappa shape index (κ1) is 10.9. The van der Waals surface area contributed by atoms with Gasteiger partial charge in [-0.25, -0.2) is 9.97 Å². The van der Waals surface area contributed by atoms with Gasteiger partial charge < -0.3 is 5.11 Å². The van der Waals surface area contributed by atoms with Crippen LogP contribution in [0.2, 0.25) is 0 Å². The molecule has 0 amide bonds. The Morgan fingerprint density at radius 1 is 0.833 bits per heavy atom. The summed E-state index contributed by atoms with van der Waals surface area (Å²) in [6.07, 6.45) is 3.47. The molecular weight excluding hydrogens is 224 g/mol. The number of rotatable bonds is 2. The van der Waals surface area contributed by atoms with Crippen LogP contribution in [-0.2, 0) is 6.61 Å². The normalized spacial score (nSPS) is 10.7. The molecule has 0 radical (unpaired) electrons. The fourth-order valence-corrected chi connectivity index (χ4v) is 2.15. The van der Waals surface area contributed by atoms with Crippen molar-refractivity contribution in [2.24, 2.45) is 0 Å². The zero-order valence-electron chi connectivity index (χ0n) is 9.74. The quantitative estimate of drug-likeness (QED) is 0.744. The second-order valence-corrected chi connectivity index (χ2v) is 4.05. The van der Waals surface area contributed by atoms with Crippen molar-refractivity contribution in [3.05, 3.63) is 60.4 Å². The first-order valence-electron chi connectivity index (χ1n) is 5.79. The molecule has 1 N–H and O–H groups in total. The highest BCUT2D eigenvalue weighted by Crippen LogP contribution is 2.28. The fourth-order valence-electron chi connectivity index (χ4n) is 2.15. The third-order valence-corrected chi connectivity index (χ3v) is 2.99. The van der Waals surface area contributed by atoms with E-state index in [-0.39, 0.29) is 6.61 Å². The van der Waals surface area contributed by atoms with E-state index in [1.54, 1.807) is 18.5 Å².